The van der Waals surface area contributed by atoms with Gasteiger partial charge in [-0.25, -0.2) is 0 Å². The van der Waals surface area contributed by atoms with Crippen LogP contribution in [0.4, 0.5) is 0 Å². The molecule has 5 nitrogen and oxygen atoms in total. The second kappa shape index (κ2) is 6.37. The summed E-state index contributed by atoms with van der Waals surface area (Å²) >= 11 is 0. The van der Waals surface area contributed by atoms with E-state index in [4.69, 9.17) is 5.11 Å². The third-order valence-corrected chi connectivity index (χ3v) is 3.89. The minimum absolute atomic E-state index is 0.00572. The van der Waals surface area contributed by atoms with Crippen LogP contribution < -0.4 is 5.32 Å². The lowest BCUT2D eigenvalue weighted by Gasteiger charge is -2.30. The molecule has 3 N–H and O–H groups in total. The first kappa shape index (κ1) is 16.0. The van der Waals surface area contributed by atoms with Gasteiger partial charge in [-0.1, -0.05) is 25.7 Å². The molecular weight excluding hydrogens is 246 g/mol. The van der Waals surface area contributed by atoms with Crippen LogP contribution in [0, 0.1) is 5.41 Å². The van der Waals surface area contributed by atoms with E-state index in [2.05, 4.69) is 5.32 Å². The van der Waals surface area contributed by atoms with Crippen molar-refractivity contribution in [3.8, 4) is 0 Å². The van der Waals surface area contributed by atoms with Crippen molar-refractivity contribution in [1.29, 1.82) is 0 Å². The number of carbonyl (C=O) groups excluding carboxylic acids is 1. The fourth-order valence-electron chi connectivity index (χ4n) is 2.64. The second-order valence-electron chi connectivity index (χ2n) is 6.27. The van der Waals surface area contributed by atoms with E-state index in [1.54, 1.807) is 13.8 Å². The van der Waals surface area contributed by atoms with Crippen molar-refractivity contribution < 1.29 is 19.8 Å². The van der Waals surface area contributed by atoms with Crippen molar-refractivity contribution in [2.45, 2.75) is 64.3 Å². The molecule has 1 saturated carbocycles. The normalized spacial score (nSPS) is 19.5. The van der Waals surface area contributed by atoms with Crippen molar-refractivity contribution in [3.63, 3.8) is 0 Å². The zero-order valence-electron chi connectivity index (χ0n) is 11.9. The molecule has 19 heavy (non-hydrogen) atoms. The summed E-state index contributed by atoms with van der Waals surface area (Å²) in [6, 6.07) is 0. The molecule has 1 fully saturated rings. The highest BCUT2D eigenvalue weighted by atomic mass is 16.4. The highest BCUT2D eigenvalue weighted by molar-refractivity contribution is 5.85. The van der Waals surface area contributed by atoms with Crippen LogP contribution in [0.5, 0.6) is 0 Å². The Kier molecular flexibility index (Phi) is 5.35. The minimum Gasteiger partial charge on any atom is -0.481 e. The zero-order chi connectivity index (χ0) is 14.5. The molecule has 1 amide bonds. The Labute approximate surface area is 114 Å². The van der Waals surface area contributed by atoms with Gasteiger partial charge in [0.1, 0.15) is 0 Å². The maximum Gasteiger partial charge on any atom is 0.310 e. The molecule has 0 heterocycles. The maximum atomic E-state index is 12.0. The highest BCUT2D eigenvalue weighted by Crippen LogP contribution is 2.38. The number of hydrogen-bond donors (Lipinski definition) is 3. The molecule has 1 aliphatic rings. The zero-order valence-corrected chi connectivity index (χ0v) is 11.9. The number of carboxylic acids is 1. The minimum atomic E-state index is -0.924. The summed E-state index contributed by atoms with van der Waals surface area (Å²) in [4.78, 5) is 23.6. The van der Waals surface area contributed by atoms with Gasteiger partial charge < -0.3 is 15.5 Å². The number of aliphatic carboxylic acids is 1. The van der Waals surface area contributed by atoms with Gasteiger partial charge in [0.05, 0.1) is 17.6 Å². The smallest absolute Gasteiger partial charge is 0.310 e. The Morgan fingerprint density at radius 3 is 2.11 bits per heavy atom. The maximum absolute atomic E-state index is 12.0. The molecule has 0 aliphatic heterocycles. The fourth-order valence-corrected chi connectivity index (χ4v) is 2.64. The van der Waals surface area contributed by atoms with Crippen LogP contribution in [0.1, 0.15) is 58.8 Å². The van der Waals surface area contributed by atoms with Crippen molar-refractivity contribution in [1.82, 2.24) is 5.32 Å². The first-order valence-corrected chi connectivity index (χ1v) is 6.97. The lowest BCUT2D eigenvalue weighted by Crippen LogP contribution is -2.48. The summed E-state index contributed by atoms with van der Waals surface area (Å²) < 4.78 is 0. The molecule has 0 aromatic rings. The lowest BCUT2D eigenvalue weighted by molar-refractivity contribution is -0.153. The Morgan fingerprint density at radius 1 is 1.16 bits per heavy atom. The monoisotopic (exact) mass is 271 g/mol. The second-order valence-corrected chi connectivity index (χ2v) is 6.27. The molecular formula is C14H25NO4. The first-order chi connectivity index (χ1) is 8.81. The van der Waals surface area contributed by atoms with Crippen molar-refractivity contribution >= 4 is 11.9 Å². The van der Waals surface area contributed by atoms with E-state index in [0.717, 1.165) is 25.7 Å². The number of aliphatic hydroxyl groups is 1. The Morgan fingerprint density at radius 2 is 1.68 bits per heavy atom. The lowest BCUT2D eigenvalue weighted by atomic mass is 9.77. The number of rotatable bonds is 5. The van der Waals surface area contributed by atoms with Gasteiger partial charge in [0.15, 0.2) is 0 Å². The SMILES string of the molecule is CC(C)(CO)NC(=O)CC1(C(=O)O)CCCCCC1. The van der Waals surface area contributed by atoms with Gasteiger partial charge in [0, 0.05) is 6.42 Å². The van der Waals surface area contributed by atoms with Gasteiger partial charge in [0.25, 0.3) is 0 Å². The number of nitrogens with one attached hydrogen (secondary N) is 1. The molecule has 0 atom stereocenters. The quantitative estimate of drug-likeness (QED) is 0.664. The standard InChI is InChI=1S/C14H25NO4/c1-13(2,10-16)15-11(17)9-14(12(18)19)7-5-3-4-6-8-14/h16H,3-10H2,1-2H3,(H,15,17)(H,18,19). The van der Waals surface area contributed by atoms with Crippen LogP contribution in [0.3, 0.4) is 0 Å². The van der Waals surface area contributed by atoms with E-state index in [9.17, 15) is 14.7 Å². The molecule has 0 saturated heterocycles. The predicted octanol–water partition coefficient (Wildman–Crippen LogP) is 1.69. The van der Waals surface area contributed by atoms with E-state index in [1.165, 1.54) is 0 Å². The van der Waals surface area contributed by atoms with Crippen molar-refractivity contribution in [2.24, 2.45) is 5.41 Å². The molecule has 110 valence electrons. The summed E-state index contributed by atoms with van der Waals surface area (Å²) in [6.45, 7) is 3.26. The molecule has 0 aromatic heterocycles. The number of carbonyl (C=O) groups is 2. The van der Waals surface area contributed by atoms with Crippen molar-refractivity contribution in [3.05, 3.63) is 0 Å². The van der Waals surface area contributed by atoms with E-state index in [-0.39, 0.29) is 18.9 Å². The molecule has 1 aliphatic carbocycles. The average Bonchev–Trinajstić information content (AvgIpc) is 2.55. The van der Waals surface area contributed by atoms with Crippen LogP contribution in [0.25, 0.3) is 0 Å². The van der Waals surface area contributed by atoms with E-state index < -0.39 is 16.9 Å². The largest absolute Gasteiger partial charge is 0.481 e. The van der Waals surface area contributed by atoms with Crippen LogP contribution in [-0.2, 0) is 9.59 Å². The third-order valence-electron chi connectivity index (χ3n) is 3.89. The molecule has 0 bridgehead atoms. The van der Waals surface area contributed by atoms with E-state index in [1.807, 2.05) is 0 Å². The Hall–Kier alpha value is -1.10. The van der Waals surface area contributed by atoms with Crippen LogP contribution in [0.2, 0.25) is 0 Å². The van der Waals surface area contributed by atoms with Gasteiger partial charge in [-0.2, -0.15) is 0 Å². The Bertz CT molecular complexity index is 330. The molecule has 0 aromatic carbocycles. The molecule has 0 radical (unpaired) electrons. The number of amides is 1. The van der Waals surface area contributed by atoms with Crippen LogP contribution >= 0.6 is 0 Å². The summed E-state index contributed by atoms with van der Waals surface area (Å²) in [7, 11) is 0. The summed E-state index contributed by atoms with van der Waals surface area (Å²) in [5, 5.41) is 21.3. The fraction of sp³-hybridized carbons (Fsp3) is 0.857. The number of aliphatic hydroxyl groups excluding tert-OH is 1. The molecule has 0 unspecified atom stereocenters. The van der Waals surface area contributed by atoms with Gasteiger partial charge in [-0.05, 0) is 26.7 Å². The van der Waals surface area contributed by atoms with Gasteiger partial charge in [-0.15, -0.1) is 0 Å². The van der Waals surface area contributed by atoms with Gasteiger partial charge in [-0.3, -0.25) is 9.59 Å². The Balaban J connectivity index is 2.73. The van der Waals surface area contributed by atoms with E-state index >= 15 is 0 Å². The summed E-state index contributed by atoms with van der Waals surface area (Å²) in [5.41, 5.74) is -1.63. The molecule has 1 rings (SSSR count). The number of carboxylic acid groups (broad SMARTS) is 1. The predicted molar refractivity (Wildman–Crippen MR) is 71.7 cm³/mol. The summed E-state index contributed by atoms with van der Waals surface area (Å²) in [5.74, 6) is -1.16. The highest BCUT2D eigenvalue weighted by Gasteiger charge is 2.41. The van der Waals surface area contributed by atoms with Crippen LogP contribution in [-0.4, -0.2) is 34.2 Å². The van der Waals surface area contributed by atoms with E-state index in [0.29, 0.717) is 12.8 Å². The topological polar surface area (TPSA) is 86.6 Å². The van der Waals surface area contributed by atoms with Crippen molar-refractivity contribution in [2.75, 3.05) is 6.61 Å². The van der Waals surface area contributed by atoms with Crippen LogP contribution in [0.15, 0.2) is 0 Å². The molecule has 5 heteroatoms. The van der Waals surface area contributed by atoms with Gasteiger partial charge >= 0.3 is 5.97 Å². The third kappa shape index (κ3) is 4.49. The summed E-state index contributed by atoms with van der Waals surface area (Å²) in [6.07, 6.45) is 4.94. The molecule has 0 spiro atoms. The number of hydrogen-bond acceptors (Lipinski definition) is 3. The average molecular weight is 271 g/mol. The first-order valence-electron chi connectivity index (χ1n) is 6.97. The van der Waals surface area contributed by atoms with Gasteiger partial charge in [0.2, 0.25) is 5.91 Å².